The molecule has 4 nitrogen and oxygen atoms in total. The normalized spacial score (nSPS) is 11.5. The lowest BCUT2D eigenvalue weighted by molar-refractivity contribution is 0.569. The van der Waals surface area contributed by atoms with Crippen molar-refractivity contribution in [2.45, 2.75) is 11.8 Å². The van der Waals surface area contributed by atoms with E-state index < -0.39 is 9.84 Å². The summed E-state index contributed by atoms with van der Waals surface area (Å²) in [6.07, 6.45) is 6.33. The lowest BCUT2D eigenvalue weighted by Crippen LogP contribution is -1.96. The number of hydrogen-bond donors (Lipinski definition) is 0. The van der Waals surface area contributed by atoms with Crippen molar-refractivity contribution < 1.29 is 12.8 Å². The second-order valence-electron chi connectivity index (χ2n) is 5.18. The van der Waals surface area contributed by atoms with E-state index in [2.05, 4.69) is 4.98 Å². The number of furan rings is 1. The van der Waals surface area contributed by atoms with E-state index in [1.165, 1.54) is 6.26 Å². The van der Waals surface area contributed by atoms with Gasteiger partial charge in [0.25, 0.3) is 0 Å². The van der Waals surface area contributed by atoms with E-state index in [9.17, 15) is 8.42 Å². The number of pyridine rings is 1. The molecule has 0 amide bonds. The summed E-state index contributed by atoms with van der Waals surface area (Å²) < 4.78 is 28.4. The summed E-state index contributed by atoms with van der Waals surface area (Å²) in [7, 11) is -3.19. The maximum Gasteiger partial charge on any atom is 0.175 e. The number of nitrogens with zero attached hydrogens (tertiary/aromatic N) is 1. The number of hydrogen-bond acceptors (Lipinski definition) is 4. The van der Waals surface area contributed by atoms with Gasteiger partial charge in [0.1, 0.15) is 0 Å². The molecule has 0 saturated heterocycles. The van der Waals surface area contributed by atoms with E-state index in [4.69, 9.17) is 4.42 Å². The molecule has 0 aliphatic heterocycles. The number of aryl methyl sites for hydroxylation is 1. The molecule has 0 aliphatic carbocycles. The van der Waals surface area contributed by atoms with Crippen LogP contribution in [0.3, 0.4) is 0 Å². The Labute approximate surface area is 129 Å². The summed E-state index contributed by atoms with van der Waals surface area (Å²) in [6, 6.07) is 10.7. The monoisotopic (exact) mass is 313 g/mol. The first kappa shape index (κ1) is 14.5. The SMILES string of the molecule is Cc1ccc(-c2cocc2-c2ccc(S(C)(=O)=O)cc2)cn1. The van der Waals surface area contributed by atoms with Crippen molar-refractivity contribution >= 4 is 9.84 Å². The van der Waals surface area contributed by atoms with Crippen LogP contribution in [0.5, 0.6) is 0 Å². The molecule has 2 heterocycles. The van der Waals surface area contributed by atoms with E-state index >= 15 is 0 Å². The molecule has 1 aromatic carbocycles. The molecule has 0 N–H and O–H groups in total. The summed E-state index contributed by atoms with van der Waals surface area (Å²) in [5.74, 6) is 0. The van der Waals surface area contributed by atoms with Crippen molar-refractivity contribution in [2.24, 2.45) is 0 Å². The Morgan fingerprint density at radius 1 is 0.909 bits per heavy atom. The summed E-state index contributed by atoms with van der Waals surface area (Å²) in [5, 5.41) is 0. The predicted octanol–water partition coefficient (Wildman–Crippen LogP) is 3.72. The van der Waals surface area contributed by atoms with Crippen molar-refractivity contribution in [3.63, 3.8) is 0 Å². The lowest BCUT2D eigenvalue weighted by atomic mass is 10.0. The maximum atomic E-state index is 11.5. The third-order valence-corrected chi connectivity index (χ3v) is 4.61. The minimum atomic E-state index is -3.19. The highest BCUT2D eigenvalue weighted by Crippen LogP contribution is 2.33. The van der Waals surface area contributed by atoms with Gasteiger partial charge in [0.2, 0.25) is 0 Å². The van der Waals surface area contributed by atoms with Gasteiger partial charge < -0.3 is 4.42 Å². The van der Waals surface area contributed by atoms with E-state index in [0.29, 0.717) is 4.90 Å². The molecule has 5 heteroatoms. The van der Waals surface area contributed by atoms with Crippen LogP contribution in [-0.4, -0.2) is 19.7 Å². The van der Waals surface area contributed by atoms with Crippen molar-refractivity contribution in [1.82, 2.24) is 4.98 Å². The number of aromatic nitrogens is 1. The van der Waals surface area contributed by atoms with Gasteiger partial charge in [0.15, 0.2) is 9.84 Å². The van der Waals surface area contributed by atoms with Gasteiger partial charge in [-0.05, 0) is 30.7 Å². The lowest BCUT2D eigenvalue weighted by Gasteiger charge is -2.05. The molecule has 0 bridgehead atoms. The molecular formula is C17H15NO3S. The van der Waals surface area contributed by atoms with Crippen molar-refractivity contribution in [3.05, 3.63) is 60.8 Å². The molecule has 112 valence electrons. The molecule has 22 heavy (non-hydrogen) atoms. The van der Waals surface area contributed by atoms with E-state index in [0.717, 1.165) is 27.9 Å². The van der Waals surface area contributed by atoms with Crippen molar-refractivity contribution in [3.8, 4) is 22.3 Å². The molecule has 0 aliphatic rings. The second kappa shape index (κ2) is 5.42. The summed E-state index contributed by atoms with van der Waals surface area (Å²) >= 11 is 0. The summed E-state index contributed by atoms with van der Waals surface area (Å²) in [5.41, 5.74) is 4.65. The molecule has 0 radical (unpaired) electrons. The van der Waals surface area contributed by atoms with Gasteiger partial charge in [0, 0.05) is 34.8 Å². The van der Waals surface area contributed by atoms with Crippen molar-refractivity contribution in [2.75, 3.05) is 6.26 Å². The fourth-order valence-corrected chi connectivity index (χ4v) is 2.88. The predicted molar refractivity (Wildman–Crippen MR) is 85.2 cm³/mol. The maximum absolute atomic E-state index is 11.5. The van der Waals surface area contributed by atoms with Crippen molar-refractivity contribution in [1.29, 1.82) is 0 Å². The number of rotatable bonds is 3. The van der Waals surface area contributed by atoms with Crippen LogP contribution >= 0.6 is 0 Å². The standard InChI is InChI=1S/C17H15NO3S/c1-12-3-4-14(9-18-12)17-11-21-10-16(17)13-5-7-15(8-6-13)22(2,19)20/h3-11H,1-2H3. The third kappa shape index (κ3) is 2.80. The Balaban J connectivity index is 2.03. The highest BCUT2D eigenvalue weighted by Gasteiger charge is 2.12. The number of sulfone groups is 1. The highest BCUT2D eigenvalue weighted by molar-refractivity contribution is 7.90. The minimum absolute atomic E-state index is 0.304. The Morgan fingerprint density at radius 2 is 1.50 bits per heavy atom. The second-order valence-corrected chi connectivity index (χ2v) is 7.20. The summed E-state index contributed by atoms with van der Waals surface area (Å²) in [6.45, 7) is 1.93. The first-order valence-corrected chi connectivity index (χ1v) is 8.64. The van der Waals surface area contributed by atoms with Crippen LogP contribution in [0, 0.1) is 6.92 Å². The van der Waals surface area contributed by atoms with Crippen LogP contribution in [0.2, 0.25) is 0 Å². The van der Waals surface area contributed by atoms with Crippen LogP contribution in [-0.2, 0) is 9.84 Å². The molecule has 3 aromatic rings. The van der Waals surface area contributed by atoms with Gasteiger partial charge in [-0.2, -0.15) is 0 Å². The van der Waals surface area contributed by atoms with Crippen LogP contribution in [0.15, 0.2) is 64.4 Å². The van der Waals surface area contributed by atoms with Crippen LogP contribution in [0.4, 0.5) is 0 Å². The quantitative estimate of drug-likeness (QED) is 0.739. The summed E-state index contributed by atoms with van der Waals surface area (Å²) in [4.78, 5) is 4.60. The highest BCUT2D eigenvalue weighted by atomic mass is 32.2. The minimum Gasteiger partial charge on any atom is -0.471 e. The Bertz CT molecular complexity index is 892. The molecule has 2 aromatic heterocycles. The van der Waals surface area contributed by atoms with Gasteiger partial charge >= 0.3 is 0 Å². The van der Waals surface area contributed by atoms with E-state index in [-0.39, 0.29) is 0 Å². The average Bonchev–Trinajstić information content (AvgIpc) is 2.97. The molecule has 0 saturated carbocycles. The molecule has 0 unspecified atom stereocenters. The Kier molecular flexibility index (Phi) is 3.58. The average molecular weight is 313 g/mol. The first-order chi connectivity index (χ1) is 10.4. The molecule has 3 rings (SSSR count). The first-order valence-electron chi connectivity index (χ1n) is 6.75. The molecule has 0 fully saturated rings. The van der Waals surface area contributed by atoms with Gasteiger partial charge in [-0.25, -0.2) is 8.42 Å². The van der Waals surface area contributed by atoms with Gasteiger partial charge in [0.05, 0.1) is 17.4 Å². The fraction of sp³-hybridized carbons (Fsp3) is 0.118. The largest absolute Gasteiger partial charge is 0.471 e. The smallest absolute Gasteiger partial charge is 0.175 e. The Hall–Kier alpha value is -2.40. The van der Waals surface area contributed by atoms with Crippen LogP contribution in [0.1, 0.15) is 5.69 Å². The zero-order valence-corrected chi connectivity index (χ0v) is 13.1. The zero-order valence-electron chi connectivity index (χ0n) is 12.3. The van der Waals surface area contributed by atoms with Gasteiger partial charge in [-0.3, -0.25) is 4.98 Å². The zero-order chi connectivity index (χ0) is 15.7. The van der Waals surface area contributed by atoms with Crippen LogP contribution < -0.4 is 0 Å². The Morgan fingerprint density at radius 3 is 2.05 bits per heavy atom. The van der Waals surface area contributed by atoms with E-state index in [1.807, 2.05) is 19.1 Å². The van der Waals surface area contributed by atoms with Crippen LogP contribution in [0.25, 0.3) is 22.3 Å². The topological polar surface area (TPSA) is 60.2 Å². The fourth-order valence-electron chi connectivity index (χ4n) is 2.25. The van der Waals surface area contributed by atoms with Gasteiger partial charge in [-0.15, -0.1) is 0 Å². The molecule has 0 spiro atoms. The molecule has 0 atom stereocenters. The third-order valence-electron chi connectivity index (χ3n) is 3.48. The molecular weight excluding hydrogens is 298 g/mol. The number of benzene rings is 1. The van der Waals surface area contributed by atoms with Gasteiger partial charge in [-0.1, -0.05) is 18.2 Å². The van der Waals surface area contributed by atoms with E-state index in [1.54, 1.807) is 43.0 Å².